The molecule has 4 N–H and O–H groups in total. The molecule has 0 bridgehead atoms. The maximum atomic E-state index is 12.6. The van der Waals surface area contributed by atoms with Gasteiger partial charge in [-0.2, -0.15) is 0 Å². The number of anilines is 2. The van der Waals surface area contributed by atoms with Crippen LogP contribution in [-0.4, -0.2) is 41.9 Å². The predicted molar refractivity (Wildman–Crippen MR) is 108 cm³/mol. The second-order valence-electron chi connectivity index (χ2n) is 6.32. The van der Waals surface area contributed by atoms with Crippen LogP contribution in [0.3, 0.4) is 0 Å². The van der Waals surface area contributed by atoms with Gasteiger partial charge in [-0.05, 0) is 24.3 Å². The molecule has 3 aromatic rings. The second kappa shape index (κ2) is 7.21. The Morgan fingerprint density at radius 3 is 2.32 bits per heavy atom. The Balaban J connectivity index is 1.67. The average Bonchev–Trinajstić information content (AvgIpc) is 3.02. The lowest BCUT2D eigenvalue weighted by Crippen LogP contribution is -2.24. The highest BCUT2D eigenvalue weighted by atomic mass is 32.2. The summed E-state index contributed by atoms with van der Waals surface area (Å²) in [5.74, 6) is -1.44. The van der Waals surface area contributed by atoms with Gasteiger partial charge in [-0.15, -0.1) is 0 Å². The van der Waals surface area contributed by atoms with Gasteiger partial charge in [0.1, 0.15) is 5.82 Å². The number of methoxy groups -OCH3 is 1. The Bertz CT molecular complexity index is 1380. The third-order valence-electron chi connectivity index (χ3n) is 4.45. The second-order valence-corrected chi connectivity index (χ2v) is 8.00. The number of ether oxygens (including phenoxy) is 1. The van der Waals surface area contributed by atoms with Crippen molar-refractivity contribution in [1.82, 2.24) is 19.9 Å². The van der Waals surface area contributed by atoms with Gasteiger partial charge in [0.2, 0.25) is 5.95 Å². The molecule has 3 heterocycles. The average molecular weight is 442 g/mol. The van der Waals surface area contributed by atoms with E-state index in [0.29, 0.717) is 5.75 Å². The van der Waals surface area contributed by atoms with Crippen molar-refractivity contribution < 1.29 is 22.7 Å². The van der Waals surface area contributed by atoms with Crippen LogP contribution in [0.25, 0.3) is 5.69 Å². The lowest BCUT2D eigenvalue weighted by atomic mass is 10.1. The number of hydrogen-bond donors (Lipinski definition) is 3. The molecule has 2 amide bonds. The first-order valence-electron chi connectivity index (χ1n) is 8.62. The zero-order chi connectivity index (χ0) is 22.3. The van der Waals surface area contributed by atoms with Crippen LogP contribution in [0.4, 0.5) is 11.8 Å². The zero-order valence-electron chi connectivity index (χ0n) is 15.8. The summed E-state index contributed by atoms with van der Waals surface area (Å²) < 4.78 is 33.3. The summed E-state index contributed by atoms with van der Waals surface area (Å²) in [5.41, 5.74) is 5.30. The number of carbonyl (C=O) groups is 2. The van der Waals surface area contributed by atoms with Crippen molar-refractivity contribution in [3.8, 4) is 11.4 Å². The minimum atomic E-state index is -4.02. The van der Waals surface area contributed by atoms with E-state index < -0.39 is 27.4 Å². The first-order valence-corrected chi connectivity index (χ1v) is 10.1. The summed E-state index contributed by atoms with van der Waals surface area (Å²) in [6, 6.07) is 6.15. The van der Waals surface area contributed by atoms with Crippen LogP contribution < -0.4 is 26.1 Å². The number of hydrogen-bond acceptors (Lipinski definition) is 9. The maximum absolute atomic E-state index is 12.6. The fourth-order valence-corrected chi connectivity index (χ4v) is 3.93. The lowest BCUT2D eigenvalue weighted by molar-refractivity contribution is 0.0880. The Morgan fingerprint density at radius 2 is 1.71 bits per heavy atom. The first kappa shape index (κ1) is 20.0. The van der Waals surface area contributed by atoms with Gasteiger partial charge in [-0.25, -0.2) is 23.1 Å². The quantitative estimate of drug-likeness (QED) is 0.456. The summed E-state index contributed by atoms with van der Waals surface area (Å²) in [5, 5.41) is 2.07. The van der Waals surface area contributed by atoms with Gasteiger partial charge in [-0.1, -0.05) is 0 Å². The van der Waals surface area contributed by atoms with Crippen LogP contribution in [-0.2, 0) is 10.0 Å². The fraction of sp³-hybridized carbons (Fsp3) is 0.0556. The van der Waals surface area contributed by atoms with Crippen LogP contribution >= 0.6 is 0 Å². The maximum Gasteiger partial charge on any atom is 0.264 e. The molecular formula is C18H14N6O6S. The molecule has 31 heavy (non-hydrogen) atoms. The van der Waals surface area contributed by atoms with Gasteiger partial charge in [0, 0.05) is 6.07 Å². The molecule has 0 saturated heterocycles. The molecule has 4 rings (SSSR count). The number of nitrogens with one attached hydrogen (secondary N) is 2. The van der Waals surface area contributed by atoms with Crippen molar-refractivity contribution >= 4 is 33.6 Å². The molecule has 0 unspecified atom stereocenters. The third kappa shape index (κ3) is 3.46. The highest BCUT2D eigenvalue weighted by Gasteiger charge is 2.31. The van der Waals surface area contributed by atoms with Crippen molar-refractivity contribution in [2.45, 2.75) is 4.90 Å². The number of carbonyl (C=O) groups excluding carboxylic acids is 2. The number of rotatable bonds is 5. The molecule has 1 aliphatic heterocycles. The number of benzene rings is 1. The summed E-state index contributed by atoms with van der Waals surface area (Å²) >= 11 is 0. The van der Waals surface area contributed by atoms with E-state index in [1.54, 1.807) is 0 Å². The number of amides is 2. The van der Waals surface area contributed by atoms with Crippen molar-refractivity contribution in [3.63, 3.8) is 0 Å². The molecular weight excluding hydrogens is 428 g/mol. The molecule has 0 atom stereocenters. The largest absolute Gasteiger partial charge is 0.494 e. The SMILES string of the molecule is COc1cnc(NS(=O)(=O)c2ccc(-n3c(N)c4c(cc3=O)C(=O)NC4=O)cc2)nc1. The minimum Gasteiger partial charge on any atom is -0.494 e. The van der Waals surface area contributed by atoms with Gasteiger partial charge in [0.25, 0.3) is 27.4 Å². The van der Waals surface area contributed by atoms with Gasteiger partial charge in [0.15, 0.2) is 5.75 Å². The Hall–Kier alpha value is -4.26. The Labute approximate surface area is 174 Å². The lowest BCUT2D eigenvalue weighted by Gasteiger charge is -2.12. The molecule has 0 fully saturated rings. The molecule has 0 spiro atoms. The monoisotopic (exact) mass is 442 g/mol. The van der Waals surface area contributed by atoms with Crippen LogP contribution in [0.15, 0.2) is 52.4 Å². The van der Waals surface area contributed by atoms with Crippen LogP contribution in [0.5, 0.6) is 5.75 Å². The van der Waals surface area contributed by atoms with Crippen molar-refractivity contribution in [1.29, 1.82) is 0 Å². The highest BCUT2D eigenvalue weighted by molar-refractivity contribution is 7.92. The zero-order valence-corrected chi connectivity index (χ0v) is 16.6. The summed E-state index contributed by atoms with van der Waals surface area (Å²) in [6.45, 7) is 0. The van der Waals surface area contributed by atoms with E-state index in [0.717, 1.165) is 10.6 Å². The van der Waals surface area contributed by atoms with Crippen LogP contribution in [0, 0.1) is 0 Å². The number of fused-ring (bicyclic) bond motifs is 1. The number of nitrogens with zero attached hydrogens (tertiary/aromatic N) is 3. The molecule has 12 nitrogen and oxygen atoms in total. The Kier molecular flexibility index (Phi) is 4.66. The summed E-state index contributed by atoms with van der Waals surface area (Å²) in [7, 11) is -2.60. The van der Waals surface area contributed by atoms with Crippen LogP contribution in [0.2, 0.25) is 0 Å². The molecule has 1 aromatic carbocycles. The molecule has 0 saturated carbocycles. The number of imide groups is 1. The normalized spacial score (nSPS) is 12.9. The van der Waals surface area contributed by atoms with Gasteiger partial charge < -0.3 is 10.5 Å². The van der Waals surface area contributed by atoms with E-state index in [2.05, 4.69) is 20.0 Å². The number of nitrogens with two attached hydrogens (primary N) is 1. The van der Waals surface area contributed by atoms with Crippen LogP contribution in [0.1, 0.15) is 20.7 Å². The number of sulfonamides is 1. The van der Waals surface area contributed by atoms with Crippen molar-refractivity contribution in [2.75, 3.05) is 17.6 Å². The van der Waals surface area contributed by atoms with Gasteiger partial charge >= 0.3 is 0 Å². The molecule has 2 aromatic heterocycles. The number of pyridine rings is 1. The van der Waals surface area contributed by atoms with E-state index in [4.69, 9.17) is 10.5 Å². The highest BCUT2D eigenvalue weighted by Crippen LogP contribution is 2.24. The van der Waals surface area contributed by atoms with Gasteiger partial charge in [-0.3, -0.25) is 24.3 Å². The predicted octanol–water partition coefficient (Wildman–Crippen LogP) is -0.0973. The number of nitrogen functional groups attached to an aromatic ring is 1. The fourth-order valence-electron chi connectivity index (χ4n) is 2.97. The Morgan fingerprint density at radius 1 is 1.06 bits per heavy atom. The standard InChI is InChI=1S/C18H14N6O6S/c1-30-10-7-20-18(21-8-10)23-31(28,29)11-4-2-9(3-5-11)24-13(25)6-12-14(15(24)19)17(27)22-16(12)26/h2-8H,19H2,1H3,(H,20,21,23)(H,22,26,27). The molecule has 1 aliphatic rings. The van der Waals surface area contributed by atoms with E-state index in [9.17, 15) is 22.8 Å². The topological polar surface area (TPSA) is 175 Å². The van der Waals surface area contributed by atoms with Crippen molar-refractivity contribution in [3.05, 3.63) is 64.2 Å². The van der Waals surface area contributed by atoms with E-state index in [1.165, 1.54) is 43.8 Å². The van der Waals surface area contributed by atoms with E-state index in [1.807, 2.05) is 0 Å². The first-order chi connectivity index (χ1) is 14.7. The molecule has 158 valence electrons. The molecule has 13 heteroatoms. The third-order valence-corrected chi connectivity index (χ3v) is 5.79. The van der Waals surface area contributed by atoms with E-state index >= 15 is 0 Å². The molecule has 0 aliphatic carbocycles. The van der Waals surface area contributed by atoms with E-state index in [-0.39, 0.29) is 33.5 Å². The molecule has 0 radical (unpaired) electrons. The summed E-state index contributed by atoms with van der Waals surface area (Å²) in [4.78, 5) is 43.7. The smallest absolute Gasteiger partial charge is 0.264 e. The van der Waals surface area contributed by atoms with Gasteiger partial charge in [0.05, 0.1) is 41.2 Å². The summed E-state index contributed by atoms with van der Waals surface area (Å²) in [6.07, 6.45) is 2.61. The minimum absolute atomic E-state index is 0.105. The van der Waals surface area contributed by atoms with Crippen molar-refractivity contribution in [2.24, 2.45) is 0 Å². The number of aromatic nitrogens is 3.